The van der Waals surface area contributed by atoms with Crippen molar-refractivity contribution < 1.29 is 5.11 Å². The quantitative estimate of drug-likeness (QED) is 0.802. The van der Waals surface area contributed by atoms with Crippen molar-refractivity contribution in [2.45, 2.75) is 51.1 Å². The third kappa shape index (κ3) is 3.71. The van der Waals surface area contributed by atoms with Crippen LogP contribution in [0.4, 0.5) is 5.69 Å². The predicted octanol–water partition coefficient (Wildman–Crippen LogP) is 2.96. The van der Waals surface area contributed by atoms with Crippen LogP contribution in [0.3, 0.4) is 0 Å². The molecule has 0 bridgehead atoms. The Kier molecular flexibility index (Phi) is 5.23. The number of rotatable bonds is 5. The molecule has 1 fully saturated rings. The van der Waals surface area contributed by atoms with Gasteiger partial charge < -0.3 is 10.8 Å². The number of anilines is 1. The molecule has 0 saturated heterocycles. The standard InChI is InChI=1S/C16H26N2O/c1-13(14-6-5-7-15(17)12-14)18(10-11-19)16-8-3-2-4-9-16/h5-7,12-13,16,19H,2-4,8-11,17H2,1H3. The lowest BCUT2D eigenvalue weighted by atomic mass is 9.92. The minimum absolute atomic E-state index is 0.225. The first-order valence-electron chi connectivity index (χ1n) is 7.44. The van der Waals surface area contributed by atoms with E-state index in [1.54, 1.807) is 0 Å². The highest BCUT2D eigenvalue weighted by molar-refractivity contribution is 5.41. The lowest BCUT2D eigenvalue weighted by Gasteiger charge is -2.38. The second-order valence-corrected chi connectivity index (χ2v) is 5.60. The Bertz CT molecular complexity index is 388. The van der Waals surface area contributed by atoms with Crippen molar-refractivity contribution in [3.8, 4) is 0 Å². The Labute approximate surface area is 116 Å². The second-order valence-electron chi connectivity index (χ2n) is 5.60. The van der Waals surface area contributed by atoms with Gasteiger partial charge in [-0.15, -0.1) is 0 Å². The zero-order valence-corrected chi connectivity index (χ0v) is 11.9. The van der Waals surface area contributed by atoms with Crippen LogP contribution in [0.25, 0.3) is 0 Å². The van der Waals surface area contributed by atoms with Gasteiger partial charge in [-0.3, -0.25) is 4.90 Å². The Morgan fingerprint density at radius 3 is 2.68 bits per heavy atom. The number of nitrogens with zero attached hydrogens (tertiary/aromatic N) is 1. The first kappa shape index (κ1) is 14.4. The lowest BCUT2D eigenvalue weighted by Crippen LogP contribution is -2.40. The molecule has 1 saturated carbocycles. The van der Waals surface area contributed by atoms with Crippen LogP contribution in [0.1, 0.15) is 50.6 Å². The summed E-state index contributed by atoms with van der Waals surface area (Å²) in [5, 5.41) is 9.35. The van der Waals surface area contributed by atoms with Gasteiger partial charge in [-0.2, -0.15) is 0 Å². The maximum atomic E-state index is 9.35. The molecule has 3 nitrogen and oxygen atoms in total. The molecule has 1 aromatic carbocycles. The number of hydrogen-bond donors (Lipinski definition) is 2. The molecule has 0 spiro atoms. The highest BCUT2D eigenvalue weighted by Gasteiger charge is 2.25. The molecular weight excluding hydrogens is 236 g/mol. The average Bonchev–Trinajstić information content (AvgIpc) is 2.45. The molecule has 3 heteroatoms. The van der Waals surface area contributed by atoms with E-state index in [0.29, 0.717) is 12.1 Å². The first-order chi connectivity index (χ1) is 9.22. The highest BCUT2D eigenvalue weighted by atomic mass is 16.3. The lowest BCUT2D eigenvalue weighted by molar-refractivity contribution is 0.0873. The Morgan fingerprint density at radius 2 is 2.05 bits per heavy atom. The third-order valence-electron chi connectivity index (χ3n) is 4.29. The van der Waals surface area contributed by atoms with Gasteiger partial charge in [0.15, 0.2) is 0 Å². The normalized spacial score (nSPS) is 18.7. The predicted molar refractivity (Wildman–Crippen MR) is 79.9 cm³/mol. The third-order valence-corrected chi connectivity index (χ3v) is 4.29. The average molecular weight is 262 g/mol. The van der Waals surface area contributed by atoms with E-state index in [-0.39, 0.29) is 6.61 Å². The molecular formula is C16H26N2O. The second kappa shape index (κ2) is 6.92. The van der Waals surface area contributed by atoms with Gasteiger partial charge in [-0.05, 0) is 37.5 Å². The molecule has 1 atom stereocenters. The summed E-state index contributed by atoms with van der Waals surface area (Å²) >= 11 is 0. The summed E-state index contributed by atoms with van der Waals surface area (Å²) in [5.41, 5.74) is 7.95. The van der Waals surface area contributed by atoms with Crippen LogP contribution in [-0.2, 0) is 0 Å². The summed E-state index contributed by atoms with van der Waals surface area (Å²) in [6.45, 7) is 3.20. The fourth-order valence-corrected chi connectivity index (χ4v) is 3.23. The monoisotopic (exact) mass is 262 g/mol. The van der Waals surface area contributed by atoms with Gasteiger partial charge in [0, 0.05) is 24.3 Å². The van der Waals surface area contributed by atoms with E-state index in [1.165, 1.54) is 37.7 Å². The summed E-state index contributed by atoms with van der Waals surface area (Å²) < 4.78 is 0. The largest absolute Gasteiger partial charge is 0.399 e. The Morgan fingerprint density at radius 1 is 1.32 bits per heavy atom. The van der Waals surface area contributed by atoms with Gasteiger partial charge in [0.2, 0.25) is 0 Å². The number of hydrogen-bond acceptors (Lipinski definition) is 3. The van der Waals surface area contributed by atoms with Gasteiger partial charge in [0.25, 0.3) is 0 Å². The van der Waals surface area contributed by atoms with Crippen LogP contribution in [0.2, 0.25) is 0 Å². The zero-order valence-electron chi connectivity index (χ0n) is 11.9. The number of nitrogens with two attached hydrogens (primary N) is 1. The van der Waals surface area contributed by atoms with E-state index in [2.05, 4.69) is 24.0 Å². The number of benzene rings is 1. The fourth-order valence-electron chi connectivity index (χ4n) is 3.23. The van der Waals surface area contributed by atoms with E-state index in [4.69, 9.17) is 5.73 Å². The van der Waals surface area contributed by atoms with Crippen LogP contribution < -0.4 is 5.73 Å². The molecule has 3 N–H and O–H groups in total. The van der Waals surface area contributed by atoms with E-state index >= 15 is 0 Å². The maximum absolute atomic E-state index is 9.35. The van der Waals surface area contributed by atoms with Crippen LogP contribution >= 0.6 is 0 Å². The fraction of sp³-hybridized carbons (Fsp3) is 0.625. The van der Waals surface area contributed by atoms with Crippen molar-refractivity contribution >= 4 is 5.69 Å². The Hall–Kier alpha value is -1.06. The van der Waals surface area contributed by atoms with Crippen molar-refractivity contribution in [2.75, 3.05) is 18.9 Å². The van der Waals surface area contributed by atoms with E-state index < -0.39 is 0 Å². The summed E-state index contributed by atoms with van der Waals surface area (Å²) in [6, 6.07) is 9.05. The molecule has 0 heterocycles. The van der Waals surface area contributed by atoms with Crippen molar-refractivity contribution in [2.24, 2.45) is 0 Å². The molecule has 1 aliphatic carbocycles. The molecule has 0 aromatic heterocycles. The van der Waals surface area contributed by atoms with Gasteiger partial charge in [-0.25, -0.2) is 0 Å². The smallest absolute Gasteiger partial charge is 0.0558 e. The Balaban J connectivity index is 2.12. The van der Waals surface area contributed by atoms with Crippen LogP contribution in [0, 0.1) is 0 Å². The van der Waals surface area contributed by atoms with Gasteiger partial charge in [0.1, 0.15) is 0 Å². The molecule has 0 radical (unpaired) electrons. The van der Waals surface area contributed by atoms with Crippen molar-refractivity contribution in [1.82, 2.24) is 4.90 Å². The zero-order chi connectivity index (χ0) is 13.7. The topological polar surface area (TPSA) is 49.5 Å². The summed E-state index contributed by atoms with van der Waals surface area (Å²) in [7, 11) is 0. The SMILES string of the molecule is CC(c1cccc(N)c1)N(CCO)C1CCCCC1. The van der Waals surface area contributed by atoms with E-state index in [1.807, 2.05) is 12.1 Å². The van der Waals surface area contributed by atoms with Crippen molar-refractivity contribution in [1.29, 1.82) is 0 Å². The number of nitrogen functional groups attached to an aromatic ring is 1. The summed E-state index contributed by atoms with van der Waals surface area (Å²) in [5.74, 6) is 0. The van der Waals surface area contributed by atoms with E-state index in [9.17, 15) is 5.11 Å². The molecule has 0 amide bonds. The van der Waals surface area contributed by atoms with Gasteiger partial charge in [-0.1, -0.05) is 31.4 Å². The van der Waals surface area contributed by atoms with Gasteiger partial charge >= 0.3 is 0 Å². The van der Waals surface area contributed by atoms with Crippen molar-refractivity contribution in [3.63, 3.8) is 0 Å². The van der Waals surface area contributed by atoms with Crippen LogP contribution in [-0.4, -0.2) is 29.2 Å². The minimum Gasteiger partial charge on any atom is -0.399 e. The number of aliphatic hydroxyl groups is 1. The summed E-state index contributed by atoms with van der Waals surface area (Å²) in [6.07, 6.45) is 6.50. The van der Waals surface area contributed by atoms with Crippen LogP contribution in [0.15, 0.2) is 24.3 Å². The molecule has 1 aliphatic rings. The summed E-state index contributed by atoms with van der Waals surface area (Å²) in [4.78, 5) is 2.45. The number of aliphatic hydroxyl groups excluding tert-OH is 1. The van der Waals surface area contributed by atoms with E-state index in [0.717, 1.165) is 12.2 Å². The molecule has 1 aromatic rings. The minimum atomic E-state index is 0.225. The molecule has 2 rings (SSSR count). The van der Waals surface area contributed by atoms with Crippen LogP contribution in [0.5, 0.6) is 0 Å². The van der Waals surface area contributed by atoms with Crippen molar-refractivity contribution in [3.05, 3.63) is 29.8 Å². The van der Waals surface area contributed by atoms with Gasteiger partial charge in [0.05, 0.1) is 6.61 Å². The maximum Gasteiger partial charge on any atom is 0.0558 e. The molecule has 106 valence electrons. The highest BCUT2D eigenvalue weighted by Crippen LogP contribution is 2.30. The molecule has 1 unspecified atom stereocenters. The molecule has 19 heavy (non-hydrogen) atoms. The first-order valence-corrected chi connectivity index (χ1v) is 7.44. The molecule has 0 aliphatic heterocycles.